The first-order chi connectivity index (χ1) is 8.47. The van der Waals surface area contributed by atoms with Crippen LogP contribution in [0.15, 0.2) is 50.4 Å². The van der Waals surface area contributed by atoms with Crippen LogP contribution in [0.5, 0.6) is 0 Å². The van der Waals surface area contributed by atoms with Crippen LogP contribution in [0.3, 0.4) is 0 Å². The van der Waals surface area contributed by atoms with Gasteiger partial charge in [0.15, 0.2) is 0 Å². The van der Waals surface area contributed by atoms with E-state index in [1.54, 1.807) is 24.5 Å². The lowest BCUT2D eigenvalue weighted by Gasteiger charge is -2.06. The van der Waals surface area contributed by atoms with Gasteiger partial charge in [0.25, 0.3) is 0 Å². The summed E-state index contributed by atoms with van der Waals surface area (Å²) in [5.74, 6) is 0.732. The molecule has 0 unspecified atom stereocenters. The maximum Gasteiger partial charge on any atom is 0.238 e. The molecule has 2 rings (SSSR count). The number of halogens is 1. The van der Waals surface area contributed by atoms with Crippen molar-refractivity contribution in [2.24, 2.45) is 5.14 Å². The highest BCUT2D eigenvalue weighted by molar-refractivity contribution is 9.10. The second-order valence-electron chi connectivity index (χ2n) is 3.62. The Balaban J connectivity index is 2.13. The Kier molecular flexibility index (Phi) is 3.74. The molecule has 0 spiro atoms. The van der Waals surface area contributed by atoms with E-state index >= 15 is 0 Å². The summed E-state index contributed by atoms with van der Waals surface area (Å²) in [6, 6.07) is 8.10. The minimum Gasteiger partial charge on any atom is -0.466 e. The molecule has 1 aromatic carbocycles. The first-order valence-corrected chi connectivity index (χ1v) is 7.39. The van der Waals surface area contributed by atoms with Crippen molar-refractivity contribution in [3.63, 3.8) is 0 Å². The highest BCUT2D eigenvalue weighted by atomic mass is 79.9. The average Bonchev–Trinajstić information content (AvgIpc) is 2.72. The van der Waals surface area contributed by atoms with Crippen LogP contribution in [0.4, 0.5) is 5.69 Å². The summed E-state index contributed by atoms with van der Waals surface area (Å²) < 4.78 is 28.5. The number of nitrogens with two attached hydrogens (primary N) is 1. The Bertz CT molecular complexity index is 652. The maximum atomic E-state index is 11.2. The Morgan fingerprint density at radius 2 is 2.11 bits per heavy atom. The summed E-state index contributed by atoms with van der Waals surface area (Å²) >= 11 is 3.34. The summed E-state index contributed by atoms with van der Waals surface area (Å²) in [6.07, 6.45) is 1.57. The fraction of sp³-hybridized carbons (Fsp3) is 0.0909. The lowest BCUT2D eigenvalue weighted by Crippen LogP contribution is -2.12. The third-order valence-corrected chi connectivity index (χ3v) is 3.92. The molecule has 5 nitrogen and oxygen atoms in total. The smallest absolute Gasteiger partial charge is 0.238 e. The fourth-order valence-electron chi connectivity index (χ4n) is 1.42. The van der Waals surface area contributed by atoms with E-state index < -0.39 is 10.0 Å². The number of rotatable bonds is 4. The fourth-order valence-corrected chi connectivity index (χ4v) is 2.32. The van der Waals surface area contributed by atoms with Crippen LogP contribution in [0.2, 0.25) is 0 Å². The van der Waals surface area contributed by atoms with Crippen LogP contribution in [0, 0.1) is 0 Å². The molecule has 3 N–H and O–H groups in total. The van der Waals surface area contributed by atoms with Crippen molar-refractivity contribution < 1.29 is 12.8 Å². The van der Waals surface area contributed by atoms with Crippen molar-refractivity contribution in [1.29, 1.82) is 0 Å². The molecule has 0 bridgehead atoms. The largest absolute Gasteiger partial charge is 0.466 e. The molecule has 0 aliphatic heterocycles. The van der Waals surface area contributed by atoms with E-state index in [1.807, 2.05) is 0 Å². The molecule has 7 heteroatoms. The van der Waals surface area contributed by atoms with E-state index in [1.165, 1.54) is 12.1 Å². The molecule has 18 heavy (non-hydrogen) atoms. The Morgan fingerprint density at radius 3 is 2.72 bits per heavy atom. The number of nitrogens with one attached hydrogen (secondary N) is 1. The van der Waals surface area contributed by atoms with Gasteiger partial charge in [-0.3, -0.25) is 0 Å². The lowest BCUT2D eigenvalue weighted by molar-refractivity contribution is 0.516. The van der Waals surface area contributed by atoms with Gasteiger partial charge in [0.1, 0.15) is 5.76 Å². The van der Waals surface area contributed by atoms with Gasteiger partial charge in [-0.1, -0.05) is 6.07 Å². The predicted molar refractivity (Wildman–Crippen MR) is 71.5 cm³/mol. The molecule has 0 aliphatic rings. The van der Waals surface area contributed by atoms with Crippen molar-refractivity contribution in [3.05, 3.63) is 46.8 Å². The quantitative estimate of drug-likeness (QED) is 0.900. The van der Waals surface area contributed by atoms with Gasteiger partial charge in [-0.2, -0.15) is 0 Å². The molecule has 2 aromatic rings. The minimum atomic E-state index is -3.68. The monoisotopic (exact) mass is 330 g/mol. The summed E-state index contributed by atoms with van der Waals surface area (Å²) in [7, 11) is -3.68. The molecule has 0 saturated carbocycles. The zero-order valence-corrected chi connectivity index (χ0v) is 11.7. The second kappa shape index (κ2) is 5.13. The van der Waals surface area contributed by atoms with E-state index in [2.05, 4.69) is 21.2 Å². The second-order valence-corrected chi connectivity index (χ2v) is 6.03. The number of furan rings is 1. The van der Waals surface area contributed by atoms with E-state index in [-0.39, 0.29) is 4.90 Å². The van der Waals surface area contributed by atoms with Crippen LogP contribution in [0.1, 0.15) is 5.76 Å². The van der Waals surface area contributed by atoms with Gasteiger partial charge in [-0.25, -0.2) is 13.6 Å². The van der Waals surface area contributed by atoms with E-state index in [4.69, 9.17) is 9.56 Å². The third kappa shape index (κ3) is 3.12. The minimum absolute atomic E-state index is 0.0750. The van der Waals surface area contributed by atoms with Crippen molar-refractivity contribution in [2.45, 2.75) is 11.4 Å². The predicted octanol–water partition coefficient (Wildman–Crippen LogP) is 2.30. The van der Waals surface area contributed by atoms with Crippen LogP contribution in [-0.4, -0.2) is 8.42 Å². The van der Waals surface area contributed by atoms with Gasteiger partial charge in [-0.05, 0) is 40.2 Å². The Labute approximate surface area is 113 Å². The molecule has 0 amide bonds. The highest BCUT2D eigenvalue weighted by Crippen LogP contribution is 2.20. The summed E-state index contributed by atoms with van der Waals surface area (Å²) in [4.78, 5) is 0.0750. The van der Waals surface area contributed by atoms with E-state index in [0.717, 1.165) is 10.2 Å². The van der Waals surface area contributed by atoms with Gasteiger partial charge >= 0.3 is 0 Å². The summed E-state index contributed by atoms with van der Waals surface area (Å²) in [5, 5.41) is 8.12. The molecule has 0 fully saturated rings. The molecule has 0 atom stereocenters. The highest BCUT2D eigenvalue weighted by Gasteiger charge is 2.08. The topological polar surface area (TPSA) is 85.3 Å². The Morgan fingerprint density at radius 1 is 1.33 bits per heavy atom. The Hall–Kier alpha value is -1.31. The van der Waals surface area contributed by atoms with Crippen LogP contribution < -0.4 is 10.5 Å². The van der Waals surface area contributed by atoms with Gasteiger partial charge in [-0.15, -0.1) is 0 Å². The zero-order valence-electron chi connectivity index (χ0n) is 9.26. The molecule has 0 saturated heterocycles. The number of primary sulfonamides is 1. The number of anilines is 1. The number of benzene rings is 1. The maximum absolute atomic E-state index is 11.2. The van der Waals surface area contributed by atoms with Crippen molar-refractivity contribution in [1.82, 2.24) is 0 Å². The van der Waals surface area contributed by atoms with Crippen molar-refractivity contribution in [2.75, 3.05) is 5.32 Å². The molecular weight excluding hydrogens is 320 g/mol. The molecule has 1 aromatic heterocycles. The van der Waals surface area contributed by atoms with Crippen LogP contribution >= 0.6 is 15.9 Å². The molecule has 96 valence electrons. The number of hydrogen-bond acceptors (Lipinski definition) is 4. The van der Waals surface area contributed by atoms with Gasteiger partial charge < -0.3 is 9.73 Å². The normalized spacial score (nSPS) is 11.4. The summed E-state index contributed by atoms with van der Waals surface area (Å²) in [6.45, 7) is 0.446. The van der Waals surface area contributed by atoms with Crippen molar-refractivity contribution in [3.8, 4) is 0 Å². The molecular formula is C11H11BrN2O3S. The SMILES string of the molecule is NS(=O)(=O)c1cccc(NCc2occc2Br)c1. The van der Waals surface area contributed by atoms with Crippen LogP contribution in [-0.2, 0) is 16.6 Å². The van der Waals surface area contributed by atoms with Gasteiger partial charge in [0.05, 0.1) is 22.2 Å². The van der Waals surface area contributed by atoms with E-state index in [9.17, 15) is 8.42 Å². The van der Waals surface area contributed by atoms with Gasteiger partial charge in [0, 0.05) is 5.69 Å². The van der Waals surface area contributed by atoms with Crippen molar-refractivity contribution >= 4 is 31.6 Å². The number of hydrogen-bond donors (Lipinski definition) is 2. The zero-order chi connectivity index (χ0) is 13.2. The van der Waals surface area contributed by atoms with E-state index in [0.29, 0.717) is 12.2 Å². The van der Waals surface area contributed by atoms with Gasteiger partial charge in [0.2, 0.25) is 10.0 Å². The third-order valence-electron chi connectivity index (χ3n) is 2.31. The average molecular weight is 331 g/mol. The molecule has 0 radical (unpaired) electrons. The summed E-state index contributed by atoms with van der Waals surface area (Å²) in [5.41, 5.74) is 0.657. The first kappa shape index (κ1) is 13.1. The molecule has 0 aliphatic carbocycles. The first-order valence-electron chi connectivity index (χ1n) is 5.05. The van der Waals surface area contributed by atoms with Crippen LogP contribution in [0.25, 0.3) is 0 Å². The lowest BCUT2D eigenvalue weighted by atomic mass is 10.3. The number of sulfonamides is 1. The standard InChI is InChI=1S/C11H11BrN2O3S/c12-10-4-5-17-11(10)7-14-8-2-1-3-9(6-8)18(13,15)16/h1-6,14H,7H2,(H2,13,15,16). The molecule has 1 heterocycles.